The second kappa shape index (κ2) is 5.01. The Bertz CT molecular complexity index is 570. The molecule has 0 aliphatic heterocycles. The largest absolute Gasteiger partial charge is 0.358 e. The SMILES string of the molecule is CCN(C)C[C@@H]1CC[C@H](C)c2[nH]c3ccccc3c21. The van der Waals surface area contributed by atoms with Gasteiger partial charge in [-0.3, -0.25) is 0 Å². The summed E-state index contributed by atoms with van der Waals surface area (Å²) < 4.78 is 0. The molecule has 1 aromatic carbocycles. The molecule has 1 N–H and O–H groups in total. The van der Waals surface area contributed by atoms with Crippen LogP contribution in [0.2, 0.25) is 0 Å². The molecule has 0 amide bonds. The number of nitrogens with zero attached hydrogens (tertiary/aromatic N) is 1. The van der Waals surface area contributed by atoms with Crippen molar-refractivity contribution in [3.63, 3.8) is 0 Å². The molecule has 2 heteroatoms. The topological polar surface area (TPSA) is 19.0 Å². The average molecular weight is 256 g/mol. The van der Waals surface area contributed by atoms with E-state index in [0.717, 1.165) is 6.54 Å². The van der Waals surface area contributed by atoms with Gasteiger partial charge in [-0.1, -0.05) is 32.0 Å². The molecule has 1 aliphatic carbocycles. The molecule has 0 radical (unpaired) electrons. The van der Waals surface area contributed by atoms with Gasteiger partial charge >= 0.3 is 0 Å². The van der Waals surface area contributed by atoms with E-state index in [1.807, 2.05) is 0 Å². The number of aromatic amines is 1. The molecule has 0 fully saturated rings. The molecule has 1 heterocycles. The van der Waals surface area contributed by atoms with Crippen LogP contribution in [0.25, 0.3) is 10.9 Å². The van der Waals surface area contributed by atoms with Crippen molar-refractivity contribution in [2.45, 2.75) is 38.5 Å². The third-order valence-corrected chi connectivity index (χ3v) is 4.70. The van der Waals surface area contributed by atoms with Crippen LogP contribution in [-0.2, 0) is 0 Å². The predicted molar refractivity (Wildman–Crippen MR) is 81.9 cm³/mol. The predicted octanol–water partition coefficient (Wildman–Crippen LogP) is 4.10. The van der Waals surface area contributed by atoms with Gasteiger partial charge < -0.3 is 9.88 Å². The number of nitrogens with one attached hydrogen (secondary N) is 1. The number of likely N-dealkylation sites (N-methyl/N-ethyl adjacent to an activating group) is 1. The fourth-order valence-corrected chi connectivity index (χ4v) is 3.44. The van der Waals surface area contributed by atoms with E-state index in [2.05, 4.69) is 55.0 Å². The highest BCUT2D eigenvalue weighted by Crippen LogP contribution is 2.42. The smallest absolute Gasteiger partial charge is 0.0459 e. The number of hydrogen-bond acceptors (Lipinski definition) is 1. The highest BCUT2D eigenvalue weighted by molar-refractivity contribution is 5.85. The number of H-pyrrole nitrogens is 1. The monoisotopic (exact) mass is 256 g/mol. The van der Waals surface area contributed by atoms with Crippen LogP contribution in [0.4, 0.5) is 0 Å². The Labute approximate surface area is 115 Å². The van der Waals surface area contributed by atoms with Crippen LogP contribution in [0.15, 0.2) is 24.3 Å². The van der Waals surface area contributed by atoms with Crippen LogP contribution in [-0.4, -0.2) is 30.0 Å². The Kier molecular flexibility index (Phi) is 3.36. The summed E-state index contributed by atoms with van der Waals surface area (Å²) >= 11 is 0. The zero-order chi connectivity index (χ0) is 13.4. The number of benzene rings is 1. The van der Waals surface area contributed by atoms with Crippen LogP contribution >= 0.6 is 0 Å². The quantitative estimate of drug-likeness (QED) is 0.876. The molecule has 0 saturated heterocycles. The van der Waals surface area contributed by atoms with Crippen molar-refractivity contribution in [3.8, 4) is 0 Å². The summed E-state index contributed by atoms with van der Waals surface area (Å²) in [6.45, 7) is 6.90. The van der Waals surface area contributed by atoms with Gasteiger partial charge in [0.25, 0.3) is 0 Å². The summed E-state index contributed by atoms with van der Waals surface area (Å²) in [6.07, 6.45) is 2.63. The summed E-state index contributed by atoms with van der Waals surface area (Å²) in [6, 6.07) is 8.78. The fraction of sp³-hybridized carbons (Fsp3) is 0.529. The van der Waals surface area contributed by atoms with Gasteiger partial charge in [0.15, 0.2) is 0 Å². The third kappa shape index (κ3) is 2.18. The molecule has 0 bridgehead atoms. The van der Waals surface area contributed by atoms with Gasteiger partial charge in [0.1, 0.15) is 0 Å². The zero-order valence-electron chi connectivity index (χ0n) is 12.2. The average Bonchev–Trinajstić information content (AvgIpc) is 2.82. The molecular formula is C17H24N2. The van der Waals surface area contributed by atoms with Crippen molar-refractivity contribution in [2.75, 3.05) is 20.1 Å². The molecular weight excluding hydrogens is 232 g/mol. The van der Waals surface area contributed by atoms with Crippen LogP contribution < -0.4 is 0 Å². The first-order valence-corrected chi connectivity index (χ1v) is 7.49. The van der Waals surface area contributed by atoms with Crippen molar-refractivity contribution in [2.24, 2.45) is 0 Å². The van der Waals surface area contributed by atoms with Crippen molar-refractivity contribution in [1.29, 1.82) is 0 Å². The number of aromatic nitrogens is 1. The maximum atomic E-state index is 3.67. The molecule has 3 rings (SSSR count). The Morgan fingerprint density at radius 2 is 2.05 bits per heavy atom. The standard InChI is InChI=1S/C17H24N2/c1-4-19(3)11-13-10-9-12(2)17-16(13)14-7-5-6-8-15(14)18-17/h5-8,12-13,18H,4,9-11H2,1-3H3/t12-,13-/m0/s1. The van der Waals surface area contributed by atoms with Gasteiger partial charge in [-0.2, -0.15) is 0 Å². The fourth-order valence-electron chi connectivity index (χ4n) is 3.44. The summed E-state index contributed by atoms with van der Waals surface area (Å²) in [4.78, 5) is 6.11. The molecule has 19 heavy (non-hydrogen) atoms. The first-order valence-electron chi connectivity index (χ1n) is 7.49. The Morgan fingerprint density at radius 3 is 2.84 bits per heavy atom. The molecule has 0 spiro atoms. The van der Waals surface area contributed by atoms with Gasteiger partial charge in [-0.05, 0) is 49.9 Å². The maximum absolute atomic E-state index is 3.67. The molecule has 0 unspecified atom stereocenters. The highest BCUT2D eigenvalue weighted by Gasteiger charge is 2.28. The first kappa shape index (κ1) is 12.7. The number of fused-ring (bicyclic) bond motifs is 3. The molecule has 0 saturated carbocycles. The summed E-state index contributed by atoms with van der Waals surface area (Å²) in [5, 5.41) is 1.44. The second-order valence-electron chi connectivity index (χ2n) is 6.03. The van der Waals surface area contributed by atoms with Crippen molar-refractivity contribution >= 4 is 10.9 Å². The number of para-hydroxylation sites is 1. The molecule has 1 aromatic heterocycles. The van der Waals surface area contributed by atoms with E-state index in [-0.39, 0.29) is 0 Å². The Balaban J connectivity index is 2.07. The summed E-state index contributed by atoms with van der Waals surface area (Å²) in [5.74, 6) is 1.36. The molecule has 2 nitrogen and oxygen atoms in total. The third-order valence-electron chi connectivity index (χ3n) is 4.70. The lowest BCUT2D eigenvalue weighted by Gasteiger charge is -2.30. The number of hydrogen-bond donors (Lipinski definition) is 1. The van der Waals surface area contributed by atoms with Gasteiger partial charge in [-0.15, -0.1) is 0 Å². The van der Waals surface area contributed by atoms with E-state index < -0.39 is 0 Å². The molecule has 2 aromatic rings. The van der Waals surface area contributed by atoms with E-state index in [9.17, 15) is 0 Å². The van der Waals surface area contributed by atoms with Gasteiger partial charge in [0.05, 0.1) is 0 Å². The van der Waals surface area contributed by atoms with Gasteiger partial charge in [-0.25, -0.2) is 0 Å². The van der Waals surface area contributed by atoms with Crippen molar-refractivity contribution < 1.29 is 0 Å². The maximum Gasteiger partial charge on any atom is 0.0459 e. The van der Waals surface area contributed by atoms with Crippen LogP contribution in [0, 0.1) is 0 Å². The first-order chi connectivity index (χ1) is 9.20. The van der Waals surface area contributed by atoms with Gasteiger partial charge in [0.2, 0.25) is 0 Å². The summed E-state index contributed by atoms with van der Waals surface area (Å²) in [5.41, 5.74) is 4.39. The van der Waals surface area contributed by atoms with E-state index in [4.69, 9.17) is 0 Å². The van der Waals surface area contributed by atoms with Gasteiger partial charge in [0, 0.05) is 23.1 Å². The van der Waals surface area contributed by atoms with E-state index in [1.54, 1.807) is 5.56 Å². The minimum absolute atomic E-state index is 0.672. The number of rotatable bonds is 3. The second-order valence-corrected chi connectivity index (χ2v) is 6.03. The van der Waals surface area contributed by atoms with Crippen LogP contribution in [0.5, 0.6) is 0 Å². The molecule has 2 atom stereocenters. The Hall–Kier alpha value is -1.28. The Morgan fingerprint density at radius 1 is 1.26 bits per heavy atom. The lowest BCUT2D eigenvalue weighted by molar-refractivity contribution is 0.307. The normalized spacial score (nSPS) is 22.9. The highest BCUT2D eigenvalue weighted by atomic mass is 15.1. The lowest BCUT2D eigenvalue weighted by Crippen LogP contribution is -2.27. The van der Waals surface area contributed by atoms with Crippen molar-refractivity contribution in [1.82, 2.24) is 9.88 Å². The van der Waals surface area contributed by atoms with Crippen LogP contribution in [0.3, 0.4) is 0 Å². The van der Waals surface area contributed by atoms with E-state index in [1.165, 1.54) is 36.0 Å². The lowest BCUT2D eigenvalue weighted by atomic mass is 9.80. The van der Waals surface area contributed by atoms with E-state index >= 15 is 0 Å². The van der Waals surface area contributed by atoms with Crippen LogP contribution in [0.1, 0.15) is 49.8 Å². The van der Waals surface area contributed by atoms with Crippen molar-refractivity contribution in [3.05, 3.63) is 35.5 Å². The summed E-state index contributed by atoms with van der Waals surface area (Å²) in [7, 11) is 2.23. The zero-order valence-corrected chi connectivity index (χ0v) is 12.2. The minimum Gasteiger partial charge on any atom is -0.358 e. The molecule has 1 aliphatic rings. The minimum atomic E-state index is 0.672. The van der Waals surface area contributed by atoms with E-state index in [0.29, 0.717) is 11.8 Å². The molecule has 102 valence electrons.